The molecule has 2 N–H and O–H groups in total. The average Bonchev–Trinajstić information content (AvgIpc) is 3.49. The highest BCUT2D eigenvalue weighted by Gasteiger charge is 2.54. The van der Waals surface area contributed by atoms with Crippen LogP contribution >= 0.6 is 0 Å². The largest absolute Gasteiger partial charge is 0.478 e. The Balaban J connectivity index is 1.47. The molecule has 0 spiro atoms. The molecule has 3 aliphatic carbocycles. The lowest BCUT2D eigenvalue weighted by molar-refractivity contribution is 0.0697. The topological polar surface area (TPSA) is 49.3 Å². The van der Waals surface area contributed by atoms with Gasteiger partial charge in [-0.25, -0.2) is 4.79 Å². The first-order valence-corrected chi connectivity index (χ1v) is 11.4. The molecule has 2 fully saturated rings. The first kappa shape index (κ1) is 16.9. The minimum Gasteiger partial charge on any atom is -0.478 e. The Bertz CT molecular complexity index is 1220. The number of carboxylic acid groups (broad SMARTS) is 1. The number of carbonyl (C=O) groups is 1. The molecule has 0 radical (unpaired) electrons. The number of anilines is 1. The summed E-state index contributed by atoms with van der Waals surface area (Å²) in [6.07, 6.45) is 6.18. The zero-order chi connectivity index (χ0) is 20.0. The van der Waals surface area contributed by atoms with Crippen molar-refractivity contribution in [3.8, 4) is 0 Å². The smallest absolute Gasteiger partial charge is 0.337 e. The van der Waals surface area contributed by atoms with Gasteiger partial charge in [-0.2, -0.15) is 0 Å². The fraction of sp³-hybridized carbons (Fsp3) is 0.370. The number of hydrogen-bond acceptors (Lipinski definition) is 2. The Morgan fingerprint density at radius 2 is 1.70 bits per heavy atom. The summed E-state index contributed by atoms with van der Waals surface area (Å²) in [7, 11) is 0. The number of carboxylic acids is 1. The number of aryl methyl sites for hydroxylation is 2. The van der Waals surface area contributed by atoms with Gasteiger partial charge in [0.1, 0.15) is 0 Å². The van der Waals surface area contributed by atoms with Crippen LogP contribution in [0.3, 0.4) is 0 Å². The van der Waals surface area contributed by atoms with Gasteiger partial charge in [-0.3, -0.25) is 0 Å². The molecular weight excluding hydrogens is 370 g/mol. The second kappa shape index (κ2) is 5.87. The van der Waals surface area contributed by atoms with E-state index in [2.05, 4.69) is 41.7 Å². The van der Waals surface area contributed by atoms with E-state index >= 15 is 0 Å². The first-order chi connectivity index (χ1) is 14.7. The van der Waals surface area contributed by atoms with E-state index < -0.39 is 5.97 Å². The fourth-order valence-electron chi connectivity index (χ4n) is 7.54. The van der Waals surface area contributed by atoms with Gasteiger partial charge in [0.15, 0.2) is 0 Å². The maximum Gasteiger partial charge on any atom is 0.337 e. The van der Waals surface area contributed by atoms with Crippen molar-refractivity contribution in [2.75, 3.05) is 5.32 Å². The lowest BCUT2D eigenvalue weighted by atomic mass is 9.67. The van der Waals surface area contributed by atoms with Gasteiger partial charge in [-0.05, 0) is 94.9 Å². The molecule has 0 unspecified atom stereocenters. The Hall–Kier alpha value is -2.81. The quantitative estimate of drug-likeness (QED) is 0.565. The summed E-state index contributed by atoms with van der Waals surface area (Å²) >= 11 is 0. The van der Waals surface area contributed by atoms with E-state index in [1.807, 2.05) is 6.07 Å². The van der Waals surface area contributed by atoms with E-state index in [1.165, 1.54) is 52.3 Å². The third kappa shape index (κ3) is 2.08. The van der Waals surface area contributed by atoms with Crippen LogP contribution in [0.2, 0.25) is 0 Å². The van der Waals surface area contributed by atoms with Crippen LogP contribution in [0.5, 0.6) is 0 Å². The van der Waals surface area contributed by atoms with Gasteiger partial charge >= 0.3 is 5.97 Å². The highest BCUT2D eigenvalue weighted by Crippen LogP contribution is 2.64. The Labute approximate surface area is 176 Å². The molecule has 30 heavy (non-hydrogen) atoms. The molecule has 2 bridgehead atoms. The van der Waals surface area contributed by atoms with E-state index in [4.69, 9.17) is 0 Å². The minimum absolute atomic E-state index is 0.184. The molecule has 0 aromatic heterocycles. The van der Waals surface area contributed by atoms with Crippen LogP contribution in [-0.2, 0) is 12.8 Å². The van der Waals surface area contributed by atoms with Crippen LogP contribution in [0.15, 0.2) is 48.5 Å². The lowest BCUT2D eigenvalue weighted by Gasteiger charge is -2.44. The second-order valence-corrected chi connectivity index (χ2v) is 9.79. The third-order valence-corrected chi connectivity index (χ3v) is 8.60. The highest BCUT2D eigenvalue weighted by molar-refractivity contribution is 5.97. The molecule has 3 nitrogen and oxygen atoms in total. The van der Waals surface area contributed by atoms with Crippen LogP contribution < -0.4 is 5.32 Å². The fourth-order valence-corrected chi connectivity index (χ4v) is 7.54. The monoisotopic (exact) mass is 395 g/mol. The van der Waals surface area contributed by atoms with Crippen molar-refractivity contribution in [2.45, 2.75) is 44.1 Å². The molecule has 3 aromatic rings. The van der Waals surface area contributed by atoms with Crippen molar-refractivity contribution >= 4 is 22.4 Å². The molecule has 3 aromatic carbocycles. The molecule has 5 atom stereocenters. The predicted octanol–water partition coefficient (Wildman–Crippen LogP) is 5.93. The van der Waals surface area contributed by atoms with E-state index in [1.54, 1.807) is 6.07 Å². The summed E-state index contributed by atoms with van der Waals surface area (Å²) in [6, 6.07) is 17.5. The van der Waals surface area contributed by atoms with Gasteiger partial charge in [0.05, 0.1) is 17.3 Å². The molecular formula is C27H25NO2. The van der Waals surface area contributed by atoms with Crippen molar-refractivity contribution in [1.29, 1.82) is 0 Å². The van der Waals surface area contributed by atoms with Crippen molar-refractivity contribution in [3.63, 3.8) is 0 Å². The molecule has 0 amide bonds. The summed E-state index contributed by atoms with van der Waals surface area (Å²) in [6.45, 7) is 0. The number of fused-ring (bicyclic) bond motifs is 7. The second-order valence-electron chi connectivity index (χ2n) is 9.79. The van der Waals surface area contributed by atoms with Crippen LogP contribution in [0.4, 0.5) is 5.69 Å². The van der Waals surface area contributed by atoms with Gasteiger partial charge in [0.2, 0.25) is 0 Å². The Morgan fingerprint density at radius 1 is 0.900 bits per heavy atom. The number of nitrogens with one attached hydrogen (secondary N) is 1. The van der Waals surface area contributed by atoms with Crippen molar-refractivity contribution < 1.29 is 9.90 Å². The molecule has 4 aliphatic rings. The molecule has 150 valence electrons. The summed E-state index contributed by atoms with van der Waals surface area (Å²) in [4.78, 5) is 12.0. The molecule has 2 saturated carbocycles. The number of para-hydroxylation sites is 1. The number of aromatic carboxylic acids is 1. The molecule has 1 aliphatic heterocycles. The summed E-state index contributed by atoms with van der Waals surface area (Å²) in [5, 5.41) is 16.5. The van der Waals surface area contributed by atoms with Crippen LogP contribution in [0.1, 0.15) is 63.8 Å². The predicted molar refractivity (Wildman–Crippen MR) is 118 cm³/mol. The van der Waals surface area contributed by atoms with E-state index in [9.17, 15) is 9.90 Å². The minimum atomic E-state index is -0.833. The SMILES string of the molecule is O=C(O)c1cccc2c1N[C@H](c1ccc3c4c(cccc14)CC3)[C@@H]1[C@H]3CC[C@@H](C3)[C@H]21. The maximum absolute atomic E-state index is 12.0. The van der Waals surface area contributed by atoms with Crippen LogP contribution in [0.25, 0.3) is 10.8 Å². The summed E-state index contributed by atoms with van der Waals surface area (Å²) in [5.74, 6) is 1.64. The Kier molecular flexibility index (Phi) is 3.31. The zero-order valence-electron chi connectivity index (χ0n) is 16.9. The number of benzene rings is 3. The number of rotatable bonds is 2. The summed E-state index contributed by atoms with van der Waals surface area (Å²) < 4.78 is 0. The Morgan fingerprint density at radius 3 is 2.57 bits per heavy atom. The normalized spacial score (nSPS) is 30.2. The van der Waals surface area contributed by atoms with Gasteiger partial charge in [0, 0.05) is 0 Å². The van der Waals surface area contributed by atoms with Gasteiger partial charge in [-0.1, -0.05) is 42.5 Å². The maximum atomic E-state index is 12.0. The first-order valence-electron chi connectivity index (χ1n) is 11.4. The molecule has 7 rings (SSSR count). The lowest BCUT2D eigenvalue weighted by Crippen LogP contribution is -2.36. The van der Waals surface area contributed by atoms with Gasteiger partial charge in [-0.15, -0.1) is 0 Å². The van der Waals surface area contributed by atoms with Crippen molar-refractivity contribution in [2.24, 2.45) is 17.8 Å². The summed E-state index contributed by atoms with van der Waals surface area (Å²) in [5.41, 5.74) is 6.84. The van der Waals surface area contributed by atoms with Crippen LogP contribution in [0, 0.1) is 17.8 Å². The third-order valence-electron chi connectivity index (χ3n) is 8.60. The number of hydrogen-bond donors (Lipinski definition) is 2. The van der Waals surface area contributed by atoms with E-state index in [0.717, 1.165) is 24.4 Å². The molecule has 3 heteroatoms. The van der Waals surface area contributed by atoms with Crippen molar-refractivity contribution in [1.82, 2.24) is 0 Å². The van der Waals surface area contributed by atoms with Gasteiger partial charge < -0.3 is 10.4 Å². The van der Waals surface area contributed by atoms with Crippen LogP contribution in [-0.4, -0.2) is 11.1 Å². The van der Waals surface area contributed by atoms with Gasteiger partial charge in [0.25, 0.3) is 0 Å². The molecule has 0 saturated heterocycles. The van der Waals surface area contributed by atoms with E-state index in [-0.39, 0.29) is 6.04 Å². The molecule has 1 heterocycles. The van der Waals surface area contributed by atoms with Crippen molar-refractivity contribution in [3.05, 3.63) is 76.3 Å². The highest BCUT2D eigenvalue weighted by atomic mass is 16.4. The van der Waals surface area contributed by atoms with E-state index in [0.29, 0.717) is 23.3 Å². The zero-order valence-corrected chi connectivity index (χ0v) is 16.9. The standard InChI is InChI=1S/C27H25NO2/c29-27(30)21-6-2-5-20-23-16-9-10-17(13-16)24(23)26(28-25(20)21)19-12-11-15-8-7-14-3-1-4-18(19)22(14)15/h1-6,11-12,16-17,23-24,26,28H,7-10,13H2,(H,29,30)/t16-,17-,23+,24+,26+/m0/s1. The average molecular weight is 396 g/mol.